The van der Waals surface area contributed by atoms with Gasteiger partial charge in [0.05, 0.1) is 5.41 Å². The minimum atomic E-state index is -0.787. The fourth-order valence-corrected chi connectivity index (χ4v) is 2.61. The van der Waals surface area contributed by atoms with Crippen molar-refractivity contribution in [3.8, 4) is 0 Å². The van der Waals surface area contributed by atoms with E-state index in [1.807, 2.05) is 21.0 Å². The second kappa shape index (κ2) is 6.92. The molecule has 1 N–H and O–H groups in total. The molecule has 1 saturated heterocycles. The zero-order chi connectivity index (χ0) is 15.3. The second-order valence-corrected chi connectivity index (χ2v) is 5.97. The number of rotatable bonds is 6. The fraction of sp³-hybridized carbons (Fsp3) is 0.857. The molecule has 0 bridgehead atoms. The number of carbonyl (C=O) groups is 2. The Morgan fingerprint density at radius 3 is 2.35 bits per heavy atom. The van der Waals surface area contributed by atoms with E-state index in [0.29, 0.717) is 32.5 Å². The molecule has 20 heavy (non-hydrogen) atoms. The molecule has 1 aliphatic rings. The van der Waals surface area contributed by atoms with Gasteiger partial charge in [-0.05, 0) is 39.9 Å². The van der Waals surface area contributed by atoms with E-state index >= 15 is 0 Å². The van der Waals surface area contributed by atoms with E-state index in [2.05, 4.69) is 4.90 Å². The van der Waals surface area contributed by atoms with Gasteiger partial charge in [-0.15, -0.1) is 0 Å². The first kappa shape index (κ1) is 16.8. The molecule has 6 heteroatoms. The molecule has 0 aromatic rings. The summed E-state index contributed by atoms with van der Waals surface area (Å²) in [5.41, 5.74) is -0.750. The molecule has 2 amide bonds. The highest BCUT2D eigenvalue weighted by atomic mass is 16.4. The van der Waals surface area contributed by atoms with E-state index in [-0.39, 0.29) is 6.03 Å². The fourth-order valence-electron chi connectivity index (χ4n) is 2.61. The summed E-state index contributed by atoms with van der Waals surface area (Å²) in [6.07, 6.45) is 2.04. The molecule has 1 atom stereocenters. The van der Waals surface area contributed by atoms with Gasteiger partial charge in [0.25, 0.3) is 0 Å². The van der Waals surface area contributed by atoms with Gasteiger partial charge in [0.2, 0.25) is 0 Å². The number of hydrogen-bond acceptors (Lipinski definition) is 3. The van der Waals surface area contributed by atoms with Crippen LogP contribution in [-0.4, -0.2) is 79.1 Å². The molecule has 1 heterocycles. The van der Waals surface area contributed by atoms with Gasteiger partial charge >= 0.3 is 12.0 Å². The number of carboxylic acid groups (broad SMARTS) is 1. The smallest absolute Gasteiger partial charge is 0.319 e. The SMILES string of the molecule is CCC1(C(=O)O)CCN(C(=O)N(C)CCCN(C)C)C1. The van der Waals surface area contributed by atoms with Gasteiger partial charge in [0.1, 0.15) is 0 Å². The zero-order valence-corrected chi connectivity index (χ0v) is 13.1. The van der Waals surface area contributed by atoms with Crippen LogP contribution in [0.25, 0.3) is 0 Å². The quantitative estimate of drug-likeness (QED) is 0.796. The maximum Gasteiger partial charge on any atom is 0.319 e. The molecule has 1 fully saturated rings. The molecule has 0 aliphatic carbocycles. The van der Waals surface area contributed by atoms with E-state index in [1.54, 1.807) is 16.8 Å². The number of hydrogen-bond donors (Lipinski definition) is 1. The zero-order valence-electron chi connectivity index (χ0n) is 13.1. The maximum absolute atomic E-state index is 12.3. The summed E-state index contributed by atoms with van der Waals surface area (Å²) in [4.78, 5) is 29.1. The van der Waals surface area contributed by atoms with Crippen molar-refractivity contribution in [2.75, 3.05) is 47.3 Å². The van der Waals surface area contributed by atoms with Crippen LogP contribution in [0.3, 0.4) is 0 Å². The molecule has 1 unspecified atom stereocenters. The van der Waals surface area contributed by atoms with Crippen LogP contribution in [0.2, 0.25) is 0 Å². The summed E-state index contributed by atoms with van der Waals surface area (Å²) in [7, 11) is 5.79. The average Bonchev–Trinajstić information content (AvgIpc) is 2.83. The lowest BCUT2D eigenvalue weighted by atomic mass is 9.84. The molecule has 0 radical (unpaired) electrons. The normalized spacial score (nSPS) is 22.4. The number of likely N-dealkylation sites (tertiary alicyclic amines) is 1. The van der Waals surface area contributed by atoms with Crippen LogP contribution in [0.1, 0.15) is 26.2 Å². The number of carbonyl (C=O) groups excluding carboxylic acids is 1. The summed E-state index contributed by atoms with van der Waals surface area (Å²) in [6.45, 7) is 4.38. The Bertz CT molecular complexity index is 360. The summed E-state index contributed by atoms with van der Waals surface area (Å²) < 4.78 is 0. The molecule has 0 aromatic heterocycles. The summed E-state index contributed by atoms with van der Waals surface area (Å²) in [5.74, 6) is -0.787. The van der Waals surface area contributed by atoms with Crippen LogP contribution < -0.4 is 0 Å². The Morgan fingerprint density at radius 1 is 1.25 bits per heavy atom. The van der Waals surface area contributed by atoms with Crippen LogP contribution in [0.4, 0.5) is 4.79 Å². The van der Waals surface area contributed by atoms with Crippen molar-refractivity contribution in [1.29, 1.82) is 0 Å². The van der Waals surface area contributed by atoms with Crippen molar-refractivity contribution < 1.29 is 14.7 Å². The van der Waals surface area contributed by atoms with Gasteiger partial charge in [0, 0.05) is 26.7 Å². The molecule has 1 rings (SSSR count). The Labute approximate surface area is 121 Å². The highest BCUT2D eigenvalue weighted by Crippen LogP contribution is 2.34. The molecule has 116 valence electrons. The van der Waals surface area contributed by atoms with Gasteiger partial charge in [-0.3, -0.25) is 4.79 Å². The highest BCUT2D eigenvalue weighted by Gasteiger charge is 2.45. The Kier molecular flexibility index (Phi) is 5.80. The van der Waals surface area contributed by atoms with E-state index in [1.165, 1.54) is 0 Å². The largest absolute Gasteiger partial charge is 0.481 e. The molecule has 0 saturated carbocycles. The molecular formula is C14H27N3O3. The van der Waals surface area contributed by atoms with Gasteiger partial charge in [-0.25, -0.2) is 4.79 Å². The lowest BCUT2D eigenvalue weighted by Gasteiger charge is -2.27. The van der Waals surface area contributed by atoms with E-state index < -0.39 is 11.4 Å². The van der Waals surface area contributed by atoms with E-state index in [4.69, 9.17) is 0 Å². The lowest BCUT2D eigenvalue weighted by molar-refractivity contribution is -0.148. The van der Waals surface area contributed by atoms with Gasteiger partial charge < -0.3 is 19.8 Å². The minimum Gasteiger partial charge on any atom is -0.481 e. The standard InChI is InChI=1S/C14H27N3O3/c1-5-14(12(18)19)7-10-17(11-14)13(20)16(4)9-6-8-15(2)3/h5-11H2,1-4H3,(H,18,19). The van der Waals surface area contributed by atoms with E-state index in [0.717, 1.165) is 13.0 Å². The Balaban J connectivity index is 2.51. The molecule has 0 aromatic carbocycles. The highest BCUT2D eigenvalue weighted by molar-refractivity contribution is 5.79. The number of amides is 2. The van der Waals surface area contributed by atoms with Crippen molar-refractivity contribution in [3.05, 3.63) is 0 Å². The van der Waals surface area contributed by atoms with Gasteiger partial charge in [-0.2, -0.15) is 0 Å². The number of carboxylic acids is 1. The third-order valence-corrected chi connectivity index (χ3v) is 4.18. The number of nitrogens with zero attached hydrogens (tertiary/aromatic N) is 3. The average molecular weight is 285 g/mol. The van der Waals surface area contributed by atoms with Gasteiger partial charge in [0.15, 0.2) is 0 Å². The van der Waals surface area contributed by atoms with E-state index in [9.17, 15) is 14.7 Å². The number of aliphatic carboxylic acids is 1. The third-order valence-electron chi connectivity index (χ3n) is 4.18. The van der Waals surface area contributed by atoms with Crippen molar-refractivity contribution in [2.24, 2.45) is 5.41 Å². The van der Waals surface area contributed by atoms with Gasteiger partial charge in [-0.1, -0.05) is 6.92 Å². The van der Waals surface area contributed by atoms with Crippen molar-refractivity contribution in [1.82, 2.24) is 14.7 Å². The molecule has 0 spiro atoms. The van der Waals surface area contributed by atoms with Crippen LogP contribution >= 0.6 is 0 Å². The van der Waals surface area contributed by atoms with Crippen LogP contribution in [0.15, 0.2) is 0 Å². The Morgan fingerprint density at radius 2 is 1.90 bits per heavy atom. The first-order valence-electron chi connectivity index (χ1n) is 7.20. The second-order valence-electron chi connectivity index (χ2n) is 5.97. The molecule has 1 aliphatic heterocycles. The first-order chi connectivity index (χ1) is 9.32. The number of urea groups is 1. The van der Waals surface area contributed by atoms with Crippen molar-refractivity contribution in [2.45, 2.75) is 26.2 Å². The van der Waals surface area contributed by atoms with Crippen LogP contribution in [-0.2, 0) is 4.79 Å². The maximum atomic E-state index is 12.3. The van der Waals surface area contributed by atoms with Crippen LogP contribution in [0, 0.1) is 5.41 Å². The lowest BCUT2D eigenvalue weighted by Crippen LogP contribution is -2.43. The first-order valence-corrected chi connectivity index (χ1v) is 7.20. The predicted octanol–water partition coefficient (Wildman–Crippen LogP) is 1.18. The monoisotopic (exact) mass is 285 g/mol. The van der Waals surface area contributed by atoms with Crippen molar-refractivity contribution >= 4 is 12.0 Å². The molecular weight excluding hydrogens is 258 g/mol. The Hall–Kier alpha value is -1.30. The summed E-state index contributed by atoms with van der Waals surface area (Å²) >= 11 is 0. The third kappa shape index (κ3) is 3.85. The topological polar surface area (TPSA) is 64.1 Å². The van der Waals surface area contributed by atoms with Crippen molar-refractivity contribution in [3.63, 3.8) is 0 Å². The summed E-state index contributed by atoms with van der Waals surface area (Å²) in [6, 6.07) is -0.0552. The predicted molar refractivity (Wildman–Crippen MR) is 77.7 cm³/mol. The minimum absolute atomic E-state index is 0.0552. The molecule has 6 nitrogen and oxygen atoms in total. The summed E-state index contributed by atoms with van der Waals surface area (Å²) in [5, 5.41) is 9.35. The van der Waals surface area contributed by atoms with Crippen LogP contribution in [0.5, 0.6) is 0 Å².